The third-order valence-corrected chi connectivity index (χ3v) is 5.78. The van der Waals surface area contributed by atoms with Gasteiger partial charge in [-0.3, -0.25) is 0 Å². The molecule has 0 saturated heterocycles. The Bertz CT molecular complexity index is 1120. The van der Waals surface area contributed by atoms with E-state index in [4.69, 9.17) is 9.47 Å². The molecule has 4 rings (SSSR count). The first kappa shape index (κ1) is 23.5. The Hall–Kier alpha value is -3.64. The van der Waals surface area contributed by atoms with E-state index in [0.29, 0.717) is 19.8 Å². The van der Waals surface area contributed by atoms with Gasteiger partial charge in [0.1, 0.15) is 30.4 Å². The molecular weight excluding hydrogens is 424 g/mol. The predicted octanol–water partition coefficient (Wildman–Crippen LogP) is 5.29. The topological polar surface area (TPSA) is 52.4 Å². The lowest BCUT2D eigenvalue weighted by atomic mass is 10.1. The van der Waals surface area contributed by atoms with E-state index in [0.717, 1.165) is 53.5 Å². The van der Waals surface area contributed by atoms with Gasteiger partial charge in [0, 0.05) is 12.1 Å². The van der Waals surface area contributed by atoms with E-state index in [1.165, 1.54) is 0 Å². The zero-order valence-corrected chi connectivity index (χ0v) is 19.9. The van der Waals surface area contributed by atoms with Gasteiger partial charge in [-0.25, -0.2) is 4.68 Å². The summed E-state index contributed by atoms with van der Waals surface area (Å²) in [7, 11) is 0. The van der Waals surface area contributed by atoms with Crippen LogP contribution in [0.3, 0.4) is 0 Å². The van der Waals surface area contributed by atoms with Gasteiger partial charge in [-0.05, 0) is 60.6 Å². The Morgan fingerprint density at radius 2 is 1.44 bits per heavy atom. The standard InChI is InChI=1S/C28H32N4O2/c1-3-31(4-2)18-19-33-26-16-12-25(13-17-26)28-21-32(30-29-28)20-23-10-14-27(15-11-23)34-22-24-8-6-5-7-9-24/h5-17,21H,3-4,18-20,22H2,1-2H3. The summed E-state index contributed by atoms with van der Waals surface area (Å²) < 4.78 is 13.6. The average Bonchev–Trinajstić information content (AvgIpc) is 3.36. The molecule has 6 heteroatoms. The molecule has 0 aliphatic carbocycles. The highest BCUT2D eigenvalue weighted by Gasteiger charge is 2.06. The summed E-state index contributed by atoms with van der Waals surface area (Å²) in [5, 5.41) is 8.64. The Morgan fingerprint density at radius 1 is 0.765 bits per heavy atom. The van der Waals surface area contributed by atoms with Gasteiger partial charge in [0.15, 0.2) is 0 Å². The van der Waals surface area contributed by atoms with Crippen LogP contribution in [0, 0.1) is 0 Å². The molecule has 0 aliphatic heterocycles. The van der Waals surface area contributed by atoms with Crippen LogP contribution in [0.2, 0.25) is 0 Å². The first-order chi connectivity index (χ1) is 16.7. The Morgan fingerprint density at radius 3 is 2.15 bits per heavy atom. The third-order valence-electron chi connectivity index (χ3n) is 5.78. The quantitative estimate of drug-likeness (QED) is 0.290. The maximum Gasteiger partial charge on any atom is 0.119 e. The van der Waals surface area contributed by atoms with Crippen LogP contribution >= 0.6 is 0 Å². The van der Waals surface area contributed by atoms with Gasteiger partial charge >= 0.3 is 0 Å². The molecule has 0 radical (unpaired) electrons. The van der Waals surface area contributed by atoms with E-state index in [9.17, 15) is 0 Å². The van der Waals surface area contributed by atoms with Gasteiger partial charge in [0.25, 0.3) is 0 Å². The number of benzene rings is 3. The van der Waals surface area contributed by atoms with Gasteiger partial charge in [0.2, 0.25) is 0 Å². The number of hydrogen-bond donors (Lipinski definition) is 0. The number of aromatic nitrogens is 3. The second-order valence-corrected chi connectivity index (χ2v) is 8.12. The fourth-order valence-electron chi connectivity index (χ4n) is 3.68. The maximum absolute atomic E-state index is 5.87. The van der Waals surface area contributed by atoms with E-state index >= 15 is 0 Å². The molecule has 0 aliphatic rings. The summed E-state index contributed by atoms with van der Waals surface area (Å²) >= 11 is 0. The Labute approximate surface area is 201 Å². The second-order valence-electron chi connectivity index (χ2n) is 8.12. The van der Waals surface area contributed by atoms with Crippen molar-refractivity contribution in [2.75, 3.05) is 26.2 Å². The monoisotopic (exact) mass is 456 g/mol. The third kappa shape index (κ3) is 6.68. The molecule has 0 N–H and O–H groups in total. The van der Waals surface area contributed by atoms with Crippen LogP contribution in [0.1, 0.15) is 25.0 Å². The van der Waals surface area contributed by atoms with Crippen molar-refractivity contribution in [3.63, 3.8) is 0 Å². The fourth-order valence-corrected chi connectivity index (χ4v) is 3.68. The van der Waals surface area contributed by atoms with Crippen LogP contribution in [-0.2, 0) is 13.2 Å². The highest BCUT2D eigenvalue weighted by Crippen LogP contribution is 2.21. The average molecular weight is 457 g/mol. The second kappa shape index (κ2) is 12.0. The van der Waals surface area contributed by atoms with E-state index in [1.807, 2.05) is 65.5 Å². The molecule has 0 atom stereocenters. The van der Waals surface area contributed by atoms with Gasteiger partial charge in [-0.15, -0.1) is 5.10 Å². The minimum atomic E-state index is 0.562. The van der Waals surface area contributed by atoms with Crippen molar-refractivity contribution in [3.05, 3.63) is 96.2 Å². The SMILES string of the molecule is CCN(CC)CCOc1ccc(-c2cn(Cc3ccc(OCc4ccccc4)cc3)nn2)cc1. The number of ether oxygens (including phenoxy) is 2. The molecular formula is C28H32N4O2. The van der Waals surface area contributed by atoms with Crippen molar-refractivity contribution in [2.24, 2.45) is 0 Å². The summed E-state index contributed by atoms with van der Waals surface area (Å²) in [6, 6.07) is 26.3. The van der Waals surface area contributed by atoms with E-state index < -0.39 is 0 Å². The Balaban J connectivity index is 1.28. The lowest BCUT2D eigenvalue weighted by Crippen LogP contribution is -2.27. The minimum absolute atomic E-state index is 0.562. The first-order valence-electron chi connectivity index (χ1n) is 11.8. The largest absolute Gasteiger partial charge is 0.492 e. The van der Waals surface area contributed by atoms with Crippen LogP contribution in [0.5, 0.6) is 11.5 Å². The minimum Gasteiger partial charge on any atom is -0.492 e. The molecule has 0 fully saturated rings. The fraction of sp³-hybridized carbons (Fsp3) is 0.286. The lowest BCUT2D eigenvalue weighted by Gasteiger charge is -2.18. The zero-order chi connectivity index (χ0) is 23.6. The van der Waals surface area contributed by atoms with Gasteiger partial charge in [-0.1, -0.05) is 61.5 Å². The number of hydrogen-bond acceptors (Lipinski definition) is 5. The molecule has 34 heavy (non-hydrogen) atoms. The highest BCUT2D eigenvalue weighted by molar-refractivity contribution is 5.58. The van der Waals surface area contributed by atoms with E-state index in [-0.39, 0.29) is 0 Å². The summed E-state index contributed by atoms with van der Waals surface area (Å²) in [5.41, 5.74) is 4.16. The molecule has 0 unspecified atom stereocenters. The number of likely N-dealkylation sites (N-methyl/N-ethyl adjacent to an activating group) is 1. The number of nitrogens with zero attached hydrogens (tertiary/aromatic N) is 4. The molecule has 4 aromatic rings. The summed E-state index contributed by atoms with van der Waals surface area (Å²) in [6.07, 6.45) is 1.97. The van der Waals surface area contributed by atoms with E-state index in [1.54, 1.807) is 0 Å². The molecule has 0 saturated carbocycles. The summed E-state index contributed by atoms with van der Waals surface area (Å²) in [5.74, 6) is 1.73. The summed E-state index contributed by atoms with van der Waals surface area (Å²) in [4.78, 5) is 2.35. The van der Waals surface area contributed by atoms with Crippen molar-refractivity contribution in [2.45, 2.75) is 27.0 Å². The van der Waals surface area contributed by atoms with Crippen molar-refractivity contribution in [3.8, 4) is 22.8 Å². The van der Waals surface area contributed by atoms with Crippen LogP contribution in [0.4, 0.5) is 0 Å². The van der Waals surface area contributed by atoms with Crippen molar-refractivity contribution in [1.29, 1.82) is 0 Å². The molecule has 0 bridgehead atoms. The normalized spacial score (nSPS) is 11.0. The maximum atomic E-state index is 5.87. The predicted molar refractivity (Wildman–Crippen MR) is 135 cm³/mol. The smallest absolute Gasteiger partial charge is 0.119 e. The van der Waals surface area contributed by atoms with Crippen LogP contribution in [0.25, 0.3) is 11.3 Å². The van der Waals surface area contributed by atoms with Crippen molar-refractivity contribution >= 4 is 0 Å². The molecule has 1 heterocycles. The van der Waals surface area contributed by atoms with Crippen LogP contribution in [-0.4, -0.2) is 46.1 Å². The lowest BCUT2D eigenvalue weighted by molar-refractivity contribution is 0.223. The molecule has 0 spiro atoms. The van der Waals surface area contributed by atoms with Crippen LogP contribution in [0.15, 0.2) is 85.1 Å². The molecule has 6 nitrogen and oxygen atoms in total. The van der Waals surface area contributed by atoms with Gasteiger partial charge < -0.3 is 14.4 Å². The van der Waals surface area contributed by atoms with Crippen molar-refractivity contribution in [1.82, 2.24) is 19.9 Å². The molecule has 3 aromatic carbocycles. The number of rotatable bonds is 12. The van der Waals surface area contributed by atoms with Gasteiger partial charge in [0.05, 0.1) is 12.7 Å². The summed E-state index contributed by atoms with van der Waals surface area (Å²) in [6.45, 7) is 9.26. The highest BCUT2D eigenvalue weighted by atomic mass is 16.5. The molecule has 1 aromatic heterocycles. The van der Waals surface area contributed by atoms with Gasteiger partial charge in [-0.2, -0.15) is 0 Å². The Kier molecular flexibility index (Phi) is 8.30. The van der Waals surface area contributed by atoms with Crippen molar-refractivity contribution < 1.29 is 9.47 Å². The first-order valence-corrected chi connectivity index (χ1v) is 11.8. The molecule has 176 valence electrons. The molecule has 0 amide bonds. The zero-order valence-electron chi connectivity index (χ0n) is 19.9. The van der Waals surface area contributed by atoms with Crippen LogP contribution < -0.4 is 9.47 Å². The van der Waals surface area contributed by atoms with E-state index in [2.05, 4.69) is 53.3 Å².